The summed E-state index contributed by atoms with van der Waals surface area (Å²) < 4.78 is 0. The summed E-state index contributed by atoms with van der Waals surface area (Å²) in [5.41, 5.74) is 0.452. The Morgan fingerprint density at radius 2 is 1.94 bits per heavy atom. The Bertz CT molecular complexity index is 243. The SMILES string of the molecule is CCC(C)(C)CNC1CCCC1C1CCCCN1. The van der Waals surface area contributed by atoms with Crippen LogP contribution >= 0.6 is 0 Å². The maximum Gasteiger partial charge on any atom is 0.0110 e. The van der Waals surface area contributed by atoms with E-state index >= 15 is 0 Å². The summed E-state index contributed by atoms with van der Waals surface area (Å²) in [4.78, 5) is 0. The van der Waals surface area contributed by atoms with Gasteiger partial charge in [-0.3, -0.25) is 0 Å². The third kappa shape index (κ3) is 3.71. The van der Waals surface area contributed by atoms with Gasteiger partial charge in [0.1, 0.15) is 0 Å². The minimum atomic E-state index is 0.452. The fraction of sp³-hybridized carbons (Fsp3) is 1.00. The zero-order valence-corrected chi connectivity index (χ0v) is 12.6. The standard InChI is InChI=1S/C16H32N2/c1-4-16(2,3)12-18-15-10-7-8-13(15)14-9-5-6-11-17-14/h13-15,17-18H,4-12H2,1-3H3. The quantitative estimate of drug-likeness (QED) is 0.784. The van der Waals surface area contributed by atoms with Gasteiger partial charge < -0.3 is 10.6 Å². The van der Waals surface area contributed by atoms with Crippen molar-refractivity contribution in [3.8, 4) is 0 Å². The van der Waals surface area contributed by atoms with E-state index in [1.54, 1.807) is 0 Å². The second kappa shape index (κ2) is 6.38. The molecule has 18 heavy (non-hydrogen) atoms. The molecule has 0 aromatic carbocycles. The van der Waals surface area contributed by atoms with Crippen molar-refractivity contribution in [2.24, 2.45) is 11.3 Å². The van der Waals surface area contributed by atoms with Gasteiger partial charge in [0.25, 0.3) is 0 Å². The Morgan fingerprint density at radius 3 is 2.61 bits per heavy atom. The summed E-state index contributed by atoms with van der Waals surface area (Å²) in [5.74, 6) is 0.887. The van der Waals surface area contributed by atoms with E-state index in [4.69, 9.17) is 0 Å². The molecular formula is C16H32N2. The molecule has 2 aliphatic rings. The highest BCUT2D eigenvalue weighted by molar-refractivity contribution is 4.92. The van der Waals surface area contributed by atoms with Crippen molar-refractivity contribution >= 4 is 0 Å². The first-order valence-corrected chi connectivity index (χ1v) is 8.09. The van der Waals surface area contributed by atoms with Crippen LogP contribution < -0.4 is 10.6 Å². The van der Waals surface area contributed by atoms with E-state index < -0.39 is 0 Å². The smallest absolute Gasteiger partial charge is 0.0110 e. The van der Waals surface area contributed by atoms with Crippen molar-refractivity contribution < 1.29 is 0 Å². The van der Waals surface area contributed by atoms with Gasteiger partial charge in [-0.1, -0.05) is 33.6 Å². The van der Waals surface area contributed by atoms with E-state index in [9.17, 15) is 0 Å². The van der Waals surface area contributed by atoms with Gasteiger partial charge in [-0.2, -0.15) is 0 Å². The van der Waals surface area contributed by atoms with E-state index in [2.05, 4.69) is 31.4 Å². The van der Waals surface area contributed by atoms with Crippen LogP contribution in [0.1, 0.15) is 65.7 Å². The second-order valence-electron chi connectivity index (χ2n) is 7.16. The topological polar surface area (TPSA) is 24.1 Å². The van der Waals surface area contributed by atoms with Crippen molar-refractivity contribution in [2.45, 2.75) is 77.8 Å². The van der Waals surface area contributed by atoms with Gasteiger partial charge in [-0.05, 0) is 50.0 Å². The molecule has 3 unspecified atom stereocenters. The molecule has 3 atom stereocenters. The van der Waals surface area contributed by atoms with Crippen molar-refractivity contribution in [3.63, 3.8) is 0 Å². The Morgan fingerprint density at radius 1 is 1.11 bits per heavy atom. The molecule has 0 amide bonds. The van der Waals surface area contributed by atoms with Crippen molar-refractivity contribution in [3.05, 3.63) is 0 Å². The number of rotatable bonds is 5. The molecule has 2 heteroatoms. The number of nitrogens with one attached hydrogen (secondary N) is 2. The highest BCUT2D eigenvalue weighted by Crippen LogP contribution is 2.32. The Balaban J connectivity index is 1.83. The van der Waals surface area contributed by atoms with Crippen LogP contribution in [0.2, 0.25) is 0 Å². The minimum absolute atomic E-state index is 0.452. The van der Waals surface area contributed by atoms with E-state index in [1.165, 1.54) is 58.0 Å². The molecular weight excluding hydrogens is 220 g/mol. The molecule has 1 heterocycles. The summed E-state index contributed by atoms with van der Waals surface area (Å²) in [6.07, 6.45) is 9.72. The van der Waals surface area contributed by atoms with E-state index in [-0.39, 0.29) is 0 Å². The summed E-state index contributed by atoms with van der Waals surface area (Å²) in [5, 5.41) is 7.64. The van der Waals surface area contributed by atoms with Crippen molar-refractivity contribution in [1.82, 2.24) is 10.6 Å². The predicted octanol–water partition coefficient (Wildman–Crippen LogP) is 3.32. The molecule has 1 aliphatic heterocycles. The molecule has 2 N–H and O–H groups in total. The summed E-state index contributed by atoms with van der Waals surface area (Å²) in [6, 6.07) is 1.56. The lowest BCUT2D eigenvalue weighted by molar-refractivity contribution is 0.233. The van der Waals surface area contributed by atoms with Crippen LogP contribution in [0, 0.1) is 11.3 Å². The number of piperidine rings is 1. The van der Waals surface area contributed by atoms with Crippen LogP contribution in [0.3, 0.4) is 0 Å². The van der Waals surface area contributed by atoms with Gasteiger partial charge >= 0.3 is 0 Å². The summed E-state index contributed by atoms with van der Waals surface area (Å²) >= 11 is 0. The molecule has 0 aromatic heterocycles. The highest BCUT2D eigenvalue weighted by atomic mass is 15.0. The van der Waals surface area contributed by atoms with Crippen LogP contribution in [-0.2, 0) is 0 Å². The minimum Gasteiger partial charge on any atom is -0.314 e. The molecule has 0 spiro atoms. The number of hydrogen-bond donors (Lipinski definition) is 2. The van der Waals surface area contributed by atoms with Gasteiger partial charge in [-0.25, -0.2) is 0 Å². The van der Waals surface area contributed by atoms with E-state index in [0.717, 1.165) is 18.0 Å². The Labute approximate surface area is 113 Å². The second-order valence-corrected chi connectivity index (χ2v) is 7.16. The van der Waals surface area contributed by atoms with Gasteiger partial charge in [-0.15, -0.1) is 0 Å². The molecule has 0 bridgehead atoms. The third-order valence-corrected chi connectivity index (χ3v) is 5.23. The fourth-order valence-electron chi connectivity index (χ4n) is 3.50. The van der Waals surface area contributed by atoms with Gasteiger partial charge in [0.15, 0.2) is 0 Å². The lowest BCUT2D eigenvalue weighted by Gasteiger charge is -2.35. The average Bonchev–Trinajstić information content (AvgIpc) is 2.86. The molecule has 0 radical (unpaired) electrons. The summed E-state index contributed by atoms with van der Waals surface area (Å²) in [7, 11) is 0. The van der Waals surface area contributed by atoms with Crippen LogP contribution in [-0.4, -0.2) is 25.2 Å². The van der Waals surface area contributed by atoms with E-state index in [0.29, 0.717) is 5.41 Å². The maximum absolute atomic E-state index is 3.88. The first-order valence-electron chi connectivity index (χ1n) is 8.09. The Kier molecular flexibility index (Phi) is 5.08. The van der Waals surface area contributed by atoms with Crippen molar-refractivity contribution in [1.29, 1.82) is 0 Å². The summed E-state index contributed by atoms with van der Waals surface area (Å²) in [6.45, 7) is 9.48. The van der Waals surface area contributed by atoms with E-state index in [1.807, 2.05) is 0 Å². The highest BCUT2D eigenvalue weighted by Gasteiger charge is 2.34. The van der Waals surface area contributed by atoms with Crippen LogP contribution in [0.15, 0.2) is 0 Å². The van der Waals surface area contributed by atoms with Crippen LogP contribution in [0.5, 0.6) is 0 Å². The number of hydrogen-bond acceptors (Lipinski definition) is 2. The normalized spacial score (nSPS) is 33.8. The molecule has 2 nitrogen and oxygen atoms in total. The lowest BCUT2D eigenvalue weighted by atomic mass is 9.86. The first kappa shape index (κ1) is 14.3. The zero-order chi connectivity index (χ0) is 13.0. The largest absolute Gasteiger partial charge is 0.314 e. The zero-order valence-electron chi connectivity index (χ0n) is 12.6. The Hall–Kier alpha value is -0.0800. The molecule has 106 valence electrons. The van der Waals surface area contributed by atoms with Crippen LogP contribution in [0.4, 0.5) is 0 Å². The molecule has 2 fully saturated rings. The molecule has 1 saturated heterocycles. The first-order chi connectivity index (χ1) is 8.62. The molecule has 0 aromatic rings. The fourth-order valence-corrected chi connectivity index (χ4v) is 3.50. The van der Waals surface area contributed by atoms with Gasteiger partial charge in [0, 0.05) is 18.6 Å². The predicted molar refractivity (Wildman–Crippen MR) is 78.8 cm³/mol. The van der Waals surface area contributed by atoms with Crippen LogP contribution in [0.25, 0.3) is 0 Å². The van der Waals surface area contributed by atoms with Gasteiger partial charge in [0.05, 0.1) is 0 Å². The lowest BCUT2D eigenvalue weighted by Crippen LogP contribution is -2.48. The third-order valence-electron chi connectivity index (χ3n) is 5.23. The molecule has 1 saturated carbocycles. The monoisotopic (exact) mass is 252 g/mol. The maximum atomic E-state index is 3.88. The molecule has 2 rings (SSSR count). The van der Waals surface area contributed by atoms with Gasteiger partial charge in [0.2, 0.25) is 0 Å². The van der Waals surface area contributed by atoms with Crippen molar-refractivity contribution in [2.75, 3.05) is 13.1 Å². The average molecular weight is 252 g/mol. The molecule has 1 aliphatic carbocycles.